The van der Waals surface area contributed by atoms with Crippen molar-refractivity contribution in [2.24, 2.45) is 0 Å². The van der Waals surface area contributed by atoms with E-state index in [1.807, 2.05) is 0 Å². The molecule has 0 radical (unpaired) electrons. The van der Waals surface area contributed by atoms with E-state index in [9.17, 15) is 9.59 Å². The molecule has 4 aromatic rings. The fraction of sp³-hybridized carbons (Fsp3) is 0. The molecule has 2 heterocycles. The van der Waals surface area contributed by atoms with Crippen molar-refractivity contribution >= 4 is 22.7 Å². The second-order valence-corrected chi connectivity index (χ2v) is 5.10. The molecular weight excluding hydrogens is 310 g/mol. The highest BCUT2D eigenvalue weighted by molar-refractivity contribution is 6.05. The van der Waals surface area contributed by atoms with E-state index in [0.717, 1.165) is 5.69 Å². The van der Waals surface area contributed by atoms with Gasteiger partial charge in [0.05, 0.1) is 5.52 Å². The Labute approximate surface area is 134 Å². The molecule has 0 atom stereocenters. The largest absolute Gasteiger partial charge is 0.417 e. The molecule has 0 saturated heterocycles. The second-order valence-electron chi connectivity index (χ2n) is 5.10. The van der Waals surface area contributed by atoms with Crippen LogP contribution in [0.5, 0.6) is 0 Å². The van der Waals surface area contributed by atoms with Crippen LogP contribution in [0.3, 0.4) is 0 Å². The first-order chi connectivity index (χ1) is 11.7. The van der Waals surface area contributed by atoms with Crippen molar-refractivity contribution in [3.8, 4) is 5.69 Å². The highest BCUT2D eigenvalue weighted by Crippen LogP contribution is 2.17. The van der Waals surface area contributed by atoms with Gasteiger partial charge >= 0.3 is 5.76 Å². The van der Waals surface area contributed by atoms with E-state index in [4.69, 9.17) is 4.42 Å². The number of nitrogens with one attached hydrogen (secondary N) is 2. The minimum atomic E-state index is -0.530. The predicted octanol–water partition coefficient (Wildman–Crippen LogP) is 1.95. The molecule has 2 aromatic carbocycles. The maximum absolute atomic E-state index is 12.3. The lowest BCUT2D eigenvalue weighted by atomic mass is 10.2. The molecule has 0 aliphatic rings. The highest BCUT2D eigenvalue weighted by Gasteiger charge is 2.08. The van der Waals surface area contributed by atoms with Crippen LogP contribution in [0.2, 0.25) is 0 Å². The van der Waals surface area contributed by atoms with Gasteiger partial charge in [0.1, 0.15) is 12.7 Å². The van der Waals surface area contributed by atoms with Gasteiger partial charge in [0.25, 0.3) is 5.91 Å². The minimum absolute atomic E-state index is 0.254. The Bertz CT molecular complexity index is 1060. The fourth-order valence-corrected chi connectivity index (χ4v) is 2.35. The third-order valence-electron chi connectivity index (χ3n) is 3.52. The smallest absolute Gasteiger partial charge is 0.408 e. The molecule has 0 aliphatic carbocycles. The van der Waals surface area contributed by atoms with E-state index in [1.54, 1.807) is 59.7 Å². The number of H-pyrrole nitrogens is 1. The number of carbonyl (C=O) groups is 1. The lowest BCUT2D eigenvalue weighted by molar-refractivity contribution is 0.102. The molecule has 2 aromatic heterocycles. The summed E-state index contributed by atoms with van der Waals surface area (Å²) in [6.45, 7) is 0. The van der Waals surface area contributed by atoms with Crippen LogP contribution in [0, 0.1) is 0 Å². The molecule has 4 rings (SSSR count). The number of hydrogen-bond donors (Lipinski definition) is 2. The monoisotopic (exact) mass is 321 g/mol. The zero-order valence-electron chi connectivity index (χ0n) is 12.3. The Balaban J connectivity index is 1.55. The zero-order valence-corrected chi connectivity index (χ0v) is 12.3. The number of hydrogen-bond acceptors (Lipinski definition) is 5. The van der Waals surface area contributed by atoms with E-state index in [1.165, 1.54) is 0 Å². The molecule has 0 spiro atoms. The third-order valence-corrected chi connectivity index (χ3v) is 3.52. The molecule has 8 nitrogen and oxygen atoms in total. The van der Waals surface area contributed by atoms with Gasteiger partial charge < -0.3 is 9.73 Å². The summed E-state index contributed by atoms with van der Waals surface area (Å²) in [6, 6.07) is 12.0. The van der Waals surface area contributed by atoms with Gasteiger partial charge in [-0.25, -0.2) is 4.79 Å². The van der Waals surface area contributed by atoms with Crippen LogP contribution >= 0.6 is 0 Å². The van der Waals surface area contributed by atoms with Crippen LogP contribution in [0.1, 0.15) is 10.4 Å². The van der Waals surface area contributed by atoms with Gasteiger partial charge in [-0.15, -0.1) is 10.2 Å². The molecule has 0 bridgehead atoms. The lowest BCUT2D eigenvalue weighted by Crippen LogP contribution is -2.11. The van der Waals surface area contributed by atoms with Gasteiger partial charge in [0, 0.05) is 16.9 Å². The van der Waals surface area contributed by atoms with Crippen LogP contribution in [0.15, 0.2) is 64.3 Å². The van der Waals surface area contributed by atoms with Gasteiger partial charge in [-0.05, 0) is 42.5 Å². The molecule has 8 heteroatoms. The van der Waals surface area contributed by atoms with E-state index >= 15 is 0 Å². The normalized spacial score (nSPS) is 10.8. The average molecular weight is 321 g/mol. The number of oxazole rings is 1. The summed E-state index contributed by atoms with van der Waals surface area (Å²) in [5, 5.41) is 10.3. The number of carbonyl (C=O) groups excluding carboxylic acids is 1. The predicted molar refractivity (Wildman–Crippen MR) is 86.1 cm³/mol. The van der Waals surface area contributed by atoms with Crippen LogP contribution in [0.25, 0.3) is 16.8 Å². The number of anilines is 1. The molecular formula is C16H11N5O3. The van der Waals surface area contributed by atoms with Gasteiger partial charge in [0.2, 0.25) is 0 Å². The summed E-state index contributed by atoms with van der Waals surface area (Å²) in [6.07, 6.45) is 3.16. The molecule has 1 amide bonds. The Kier molecular flexibility index (Phi) is 3.20. The zero-order chi connectivity index (χ0) is 16.5. The maximum atomic E-state index is 12.3. The molecule has 0 aliphatic heterocycles. The number of aromatic nitrogens is 4. The first kappa shape index (κ1) is 13.9. The van der Waals surface area contributed by atoms with Gasteiger partial charge in [-0.2, -0.15) is 0 Å². The van der Waals surface area contributed by atoms with Crippen molar-refractivity contribution < 1.29 is 9.21 Å². The topological polar surface area (TPSA) is 106 Å². The van der Waals surface area contributed by atoms with Crippen molar-refractivity contribution in [3.63, 3.8) is 0 Å². The summed E-state index contributed by atoms with van der Waals surface area (Å²) in [5.41, 5.74) is 2.89. The molecule has 24 heavy (non-hydrogen) atoms. The molecule has 0 saturated carbocycles. The number of aromatic amines is 1. The summed E-state index contributed by atoms with van der Waals surface area (Å²) in [7, 11) is 0. The summed E-state index contributed by atoms with van der Waals surface area (Å²) < 4.78 is 6.67. The van der Waals surface area contributed by atoms with E-state index in [0.29, 0.717) is 22.4 Å². The van der Waals surface area contributed by atoms with Crippen molar-refractivity contribution in [1.82, 2.24) is 19.7 Å². The van der Waals surface area contributed by atoms with E-state index < -0.39 is 5.76 Å². The Morgan fingerprint density at radius 3 is 2.58 bits per heavy atom. The summed E-state index contributed by atoms with van der Waals surface area (Å²) in [4.78, 5) is 26.0. The SMILES string of the molecule is O=C(Nc1ccc2oc(=O)[nH]c2c1)c1ccc(-n2cnnc2)cc1. The van der Waals surface area contributed by atoms with Crippen molar-refractivity contribution in [1.29, 1.82) is 0 Å². The van der Waals surface area contributed by atoms with E-state index in [2.05, 4.69) is 20.5 Å². The van der Waals surface area contributed by atoms with Gasteiger partial charge in [-0.1, -0.05) is 0 Å². The Hall–Kier alpha value is -3.68. The fourth-order valence-electron chi connectivity index (χ4n) is 2.35. The molecule has 2 N–H and O–H groups in total. The lowest BCUT2D eigenvalue weighted by Gasteiger charge is -2.06. The summed E-state index contributed by atoms with van der Waals surface area (Å²) in [5.74, 6) is -0.784. The van der Waals surface area contributed by atoms with E-state index in [-0.39, 0.29) is 5.91 Å². The quantitative estimate of drug-likeness (QED) is 0.600. The molecule has 0 unspecified atom stereocenters. The Morgan fingerprint density at radius 2 is 1.83 bits per heavy atom. The third kappa shape index (κ3) is 2.56. The highest BCUT2D eigenvalue weighted by atomic mass is 16.4. The maximum Gasteiger partial charge on any atom is 0.417 e. The first-order valence-electron chi connectivity index (χ1n) is 7.08. The van der Waals surface area contributed by atoms with Crippen LogP contribution in [-0.2, 0) is 0 Å². The standard InChI is InChI=1S/C16H11N5O3/c22-15(10-1-4-12(5-2-10)21-8-17-18-9-21)19-11-3-6-14-13(7-11)20-16(23)24-14/h1-9H,(H,19,22)(H,20,23). The van der Waals surface area contributed by atoms with Crippen molar-refractivity contribution in [2.75, 3.05) is 5.32 Å². The number of nitrogens with zero attached hydrogens (tertiary/aromatic N) is 3. The number of benzene rings is 2. The van der Waals surface area contributed by atoms with Crippen LogP contribution in [-0.4, -0.2) is 25.7 Å². The number of amides is 1. The van der Waals surface area contributed by atoms with Crippen molar-refractivity contribution in [3.05, 3.63) is 71.2 Å². The average Bonchev–Trinajstić information content (AvgIpc) is 3.23. The van der Waals surface area contributed by atoms with Crippen LogP contribution in [0.4, 0.5) is 5.69 Å². The summed E-state index contributed by atoms with van der Waals surface area (Å²) >= 11 is 0. The minimum Gasteiger partial charge on any atom is -0.408 e. The number of fused-ring (bicyclic) bond motifs is 1. The Morgan fingerprint density at radius 1 is 1.08 bits per heavy atom. The van der Waals surface area contributed by atoms with Gasteiger partial charge in [-0.3, -0.25) is 14.3 Å². The molecule has 0 fully saturated rings. The first-order valence-corrected chi connectivity index (χ1v) is 7.08. The van der Waals surface area contributed by atoms with Gasteiger partial charge in [0.15, 0.2) is 5.58 Å². The number of rotatable bonds is 3. The van der Waals surface area contributed by atoms with Crippen LogP contribution < -0.4 is 11.1 Å². The molecule has 118 valence electrons. The van der Waals surface area contributed by atoms with Crippen molar-refractivity contribution in [2.45, 2.75) is 0 Å². The second kappa shape index (κ2) is 5.51.